The van der Waals surface area contributed by atoms with Gasteiger partial charge in [-0.05, 0) is 86.6 Å². The second kappa shape index (κ2) is 8.11. The smallest absolute Gasteiger partial charge is 0.256 e. The van der Waals surface area contributed by atoms with Crippen LogP contribution in [-0.2, 0) is 0 Å². The number of nitrogens with one attached hydrogen (secondary N) is 1. The van der Waals surface area contributed by atoms with Crippen LogP contribution >= 0.6 is 11.9 Å². The maximum Gasteiger partial charge on any atom is 0.256 e. The molecular formula is C23H27N3OS. The first kappa shape index (κ1) is 19.2. The van der Waals surface area contributed by atoms with Crippen LogP contribution in [0.1, 0.15) is 18.4 Å². The quantitative estimate of drug-likeness (QED) is 0.661. The van der Waals surface area contributed by atoms with E-state index >= 15 is 0 Å². The Morgan fingerprint density at radius 1 is 1.04 bits per heavy atom. The van der Waals surface area contributed by atoms with Crippen molar-refractivity contribution < 1.29 is 0 Å². The van der Waals surface area contributed by atoms with Gasteiger partial charge in [0.1, 0.15) is 0 Å². The van der Waals surface area contributed by atoms with Gasteiger partial charge in [-0.2, -0.15) is 0 Å². The van der Waals surface area contributed by atoms with E-state index in [2.05, 4.69) is 58.6 Å². The summed E-state index contributed by atoms with van der Waals surface area (Å²) < 4.78 is 2.45. The molecule has 3 aromatic rings. The van der Waals surface area contributed by atoms with Crippen molar-refractivity contribution in [1.29, 1.82) is 0 Å². The fraction of sp³-hybridized carbons (Fsp3) is 0.348. The van der Waals surface area contributed by atoms with Crippen LogP contribution in [0.5, 0.6) is 0 Å². The summed E-state index contributed by atoms with van der Waals surface area (Å²) in [4.78, 5) is 19.1. The SMILES string of the molecule is Cc1cccc2c(=O)[nH]c(-c3ccc(SN4CCC(N(C)C)CC4)cc3)cc12. The molecular weight excluding hydrogens is 366 g/mol. The van der Waals surface area contributed by atoms with Gasteiger partial charge in [-0.3, -0.25) is 4.79 Å². The van der Waals surface area contributed by atoms with Gasteiger partial charge in [-0.25, -0.2) is 4.31 Å². The lowest BCUT2D eigenvalue weighted by Gasteiger charge is -2.34. The van der Waals surface area contributed by atoms with Gasteiger partial charge in [0.15, 0.2) is 0 Å². The molecule has 0 amide bonds. The molecule has 1 aromatic heterocycles. The molecule has 0 spiro atoms. The summed E-state index contributed by atoms with van der Waals surface area (Å²) in [5.74, 6) is 0. The Morgan fingerprint density at radius 2 is 1.75 bits per heavy atom. The molecule has 2 aromatic carbocycles. The predicted molar refractivity (Wildman–Crippen MR) is 119 cm³/mol. The Labute approximate surface area is 170 Å². The maximum atomic E-state index is 12.5. The Balaban J connectivity index is 1.50. The molecule has 28 heavy (non-hydrogen) atoms. The van der Waals surface area contributed by atoms with Gasteiger partial charge in [0.05, 0.1) is 0 Å². The van der Waals surface area contributed by atoms with Crippen molar-refractivity contribution in [2.24, 2.45) is 0 Å². The summed E-state index contributed by atoms with van der Waals surface area (Å²) in [5, 5.41) is 1.76. The standard InChI is InChI=1S/C23H27N3OS/c1-16-5-4-6-20-21(16)15-22(24-23(20)27)17-7-9-19(10-8-17)28-26-13-11-18(12-14-26)25(2)3/h4-10,15,18H,11-14H2,1-3H3,(H,24,27). The number of benzene rings is 2. The minimum atomic E-state index is -0.0292. The van der Waals surface area contributed by atoms with E-state index in [9.17, 15) is 4.79 Å². The van der Waals surface area contributed by atoms with Crippen molar-refractivity contribution in [3.8, 4) is 11.3 Å². The van der Waals surface area contributed by atoms with Gasteiger partial charge in [-0.1, -0.05) is 24.3 Å². The van der Waals surface area contributed by atoms with E-state index in [4.69, 9.17) is 0 Å². The maximum absolute atomic E-state index is 12.5. The molecule has 0 aliphatic carbocycles. The molecule has 0 bridgehead atoms. The highest BCUT2D eigenvalue weighted by molar-refractivity contribution is 7.97. The Kier molecular flexibility index (Phi) is 5.58. The lowest BCUT2D eigenvalue weighted by Crippen LogP contribution is -2.39. The van der Waals surface area contributed by atoms with Crippen LogP contribution in [0.2, 0.25) is 0 Å². The van der Waals surface area contributed by atoms with Crippen LogP contribution < -0.4 is 5.56 Å². The molecule has 0 atom stereocenters. The van der Waals surface area contributed by atoms with E-state index in [1.54, 1.807) is 0 Å². The number of rotatable bonds is 4. The lowest BCUT2D eigenvalue weighted by molar-refractivity contribution is 0.203. The average Bonchev–Trinajstić information content (AvgIpc) is 2.70. The van der Waals surface area contributed by atoms with Crippen molar-refractivity contribution >= 4 is 22.7 Å². The number of fused-ring (bicyclic) bond motifs is 1. The largest absolute Gasteiger partial charge is 0.321 e. The summed E-state index contributed by atoms with van der Waals surface area (Å²) in [7, 11) is 4.34. The first-order valence-corrected chi connectivity index (χ1v) is 10.6. The summed E-state index contributed by atoms with van der Waals surface area (Å²) >= 11 is 1.83. The number of piperidine rings is 1. The second-order valence-corrected chi connectivity index (χ2v) is 8.96. The molecule has 1 fully saturated rings. The van der Waals surface area contributed by atoms with Gasteiger partial charge in [0.2, 0.25) is 0 Å². The Bertz CT molecular complexity index is 1020. The normalized spacial score (nSPS) is 16.1. The topological polar surface area (TPSA) is 39.3 Å². The summed E-state index contributed by atoms with van der Waals surface area (Å²) in [5.41, 5.74) is 3.00. The van der Waals surface area contributed by atoms with E-state index in [1.807, 2.05) is 37.1 Å². The third-order valence-corrected chi connectivity index (χ3v) is 6.77. The van der Waals surface area contributed by atoms with Gasteiger partial charge in [0, 0.05) is 35.1 Å². The fourth-order valence-electron chi connectivity index (χ4n) is 3.89. The Morgan fingerprint density at radius 3 is 2.43 bits per heavy atom. The third-order valence-electron chi connectivity index (χ3n) is 5.66. The Hall–Kier alpha value is -2.08. The average molecular weight is 394 g/mol. The number of aryl methyl sites for hydroxylation is 1. The van der Waals surface area contributed by atoms with Crippen LogP contribution in [0, 0.1) is 6.92 Å². The van der Waals surface area contributed by atoms with Crippen LogP contribution in [0.3, 0.4) is 0 Å². The van der Waals surface area contributed by atoms with Crippen molar-refractivity contribution in [3.05, 3.63) is 64.4 Å². The van der Waals surface area contributed by atoms with Gasteiger partial charge in [-0.15, -0.1) is 0 Å². The number of hydrogen-bond donors (Lipinski definition) is 1. The van der Waals surface area contributed by atoms with Crippen LogP contribution in [0.15, 0.2) is 58.2 Å². The molecule has 0 unspecified atom stereocenters. The van der Waals surface area contributed by atoms with Crippen molar-refractivity contribution in [3.63, 3.8) is 0 Å². The number of pyridine rings is 1. The van der Waals surface area contributed by atoms with E-state index < -0.39 is 0 Å². The molecule has 1 aliphatic heterocycles. The molecule has 5 heteroatoms. The molecule has 1 saturated heterocycles. The van der Waals surface area contributed by atoms with Crippen LogP contribution in [0.4, 0.5) is 0 Å². The molecule has 4 nitrogen and oxygen atoms in total. The highest BCUT2D eigenvalue weighted by Crippen LogP contribution is 2.29. The monoisotopic (exact) mass is 393 g/mol. The molecule has 1 aliphatic rings. The molecule has 1 N–H and O–H groups in total. The highest BCUT2D eigenvalue weighted by atomic mass is 32.2. The number of H-pyrrole nitrogens is 1. The van der Waals surface area contributed by atoms with E-state index in [-0.39, 0.29) is 5.56 Å². The molecule has 0 saturated carbocycles. The van der Waals surface area contributed by atoms with Crippen molar-refractivity contribution in [2.75, 3.05) is 27.2 Å². The van der Waals surface area contributed by atoms with E-state index in [0.717, 1.165) is 40.7 Å². The van der Waals surface area contributed by atoms with Gasteiger partial charge < -0.3 is 9.88 Å². The van der Waals surface area contributed by atoms with Gasteiger partial charge in [0.25, 0.3) is 5.56 Å². The zero-order valence-electron chi connectivity index (χ0n) is 16.7. The van der Waals surface area contributed by atoms with Crippen LogP contribution in [-0.4, -0.2) is 47.4 Å². The van der Waals surface area contributed by atoms with Gasteiger partial charge >= 0.3 is 0 Å². The van der Waals surface area contributed by atoms with Crippen molar-refractivity contribution in [1.82, 2.24) is 14.2 Å². The van der Waals surface area contributed by atoms with E-state index in [0.29, 0.717) is 6.04 Å². The fourth-order valence-corrected chi connectivity index (χ4v) is 4.84. The number of nitrogens with zero attached hydrogens (tertiary/aromatic N) is 2. The third kappa shape index (κ3) is 4.02. The number of aromatic nitrogens is 1. The summed E-state index contributed by atoms with van der Waals surface area (Å²) in [6.07, 6.45) is 2.44. The molecule has 146 valence electrons. The summed E-state index contributed by atoms with van der Waals surface area (Å²) in [6.45, 7) is 4.28. The lowest BCUT2D eigenvalue weighted by atomic mass is 10.0. The van der Waals surface area contributed by atoms with E-state index in [1.165, 1.54) is 17.7 Å². The zero-order chi connectivity index (χ0) is 19.7. The number of aromatic amines is 1. The highest BCUT2D eigenvalue weighted by Gasteiger charge is 2.21. The minimum absolute atomic E-state index is 0.0292. The molecule has 4 rings (SSSR count). The minimum Gasteiger partial charge on any atom is -0.321 e. The molecule has 0 radical (unpaired) electrons. The first-order valence-electron chi connectivity index (χ1n) is 9.84. The number of hydrogen-bond acceptors (Lipinski definition) is 4. The zero-order valence-corrected chi connectivity index (χ0v) is 17.6. The van der Waals surface area contributed by atoms with Crippen molar-refractivity contribution in [2.45, 2.75) is 30.7 Å². The second-order valence-electron chi connectivity index (χ2n) is 7.79. The first-order chi connectivity index (χ1) is 13.5. The van der Waals surface area contributed by atoms with Crippen LogP contribution in [0.25, 0.3) is 22.0 Å². The summed E-state index contributed by atoms with van der Waals surface area (Å²) in [6, 6.07) is 17.1. The predicted octanol–water partition coefficient (Wildman–Crippen LogP) is 4.54. The molecule has 2 heterocycles.